The maximum absolute atomic E-state index is 14.1. The van der Waals surface area contributed by atoms with Crippen molar-refractivity contribution in [1.82, 2.24) is 4.57 Å². The molecule has 8 nitrogen and oxygen atoms in total. The zero-order chi connectivity index (χ0) is 23.7. The van der Waals surface area contributed by atoms with Gasteiger partial charge in [-0.05, 0) is 23.8 Å². The minimum absolute atomic E-state index is 0.00260. The number of hydrogen-bond acceptors (Lipinski definition) is 6. The number of nitrogens with two attached hydrogens (primary N) is 1. The molecule has 0 amide bonds. The van der Waals surface area contributed by atoms with Gasteiger partial charge in [0.15, 0.2) is 0 Å². The molecule has 11 heteroatoms. The molecule has 0 spiro atoms. The molecule has 32 heavy (non-hydrogen) atoms. The lowest BCUT2D eigenvalue weighted by molar-refractivity contribution is 0.0697. The fraction of sp³-hybridized carbons (Fsp3) is 0.143. The van der Waals surface area contributed by atoms with E-state index < -0.39 is 17.3 Å². The molecule has 0 aliphatic carbocycles. The van der Waals surface area contributed by atoms with Gasteiger partial charge in [-0.25, -0.2) is 15.1 Å². The summed E-state index contributed by atoms with van der Waals surface area (Å²) in [5.74, 6) is 2.57. The van der Waals surface area contributed by atoms with Crippen molar-refractivity contribution in [3.63, 3.8) is 0 Å². The highest BCUT2D eigenvalue weighted by atomic mass is 79.9. The number of aliphatic hydroxyl groups excluding tert-OH is 1. The van der Waals surface area contributed by atoms with Crippen molar-refractivity contribution in [2.75, 3.05) is 18.5 Å². The van der Waals surface area contributed by atoms with E-state index in [0.717, 1.165) is 5.56 Å². The highest BCUT2D eigenvalue weighted by molar-refractivity contribution is 9.10. The van der Waals surface area contributed by atoms with Crippen LogP contribution in [0.5, 0.6) is 0 Å². The van der Waals surface area contributed by atoms with Crippen LogP contribution in [0.4, 0.5) is 15.8 Å². The number of hydrogen-bond donors (Lipinski definition) is 4. The zero-order valence-corrected chi connectivity index (χ0v) is 18.9. The van der Waals surface area contributed by atoms with Crippen LogP contribution in [0.2, 0.25) is 5.02 Å². The van der Waals surface area contributed by atoms with E-state index in [-0.39, 0.29) is 41.7 Å². The molecular formula is C21H20BrClFN3O5. The van der Waals surface area contributed by atoms with Crippen LogP contribution in [0.1, 0.15) is 15.9 Å². The van der Waals surface area contributed by atoms with Crippen LogP contribution in [0.3, 0.4) is 0 Å². The number of carboxylic acid groups (broad SMARTS) is 1. The molecule has 170 valence electrons. The minimum atomic E-state index is -1.29. The smallest absolute Gasteiger partial charge is 0.339 e. The van der Waals surface area contributed by atoms with Crippen molar-refractivity contribution < 1.29 is 24.2 Å². The Hall–Kier alpha value is -2.76. The van der Waals surface area contributed by atoms with Crippen LogP contribution >= 0.6 is 27.5 Å². The molecular weight excluding hydrogens is 509 g/mol. The van der Waals surface area contributed by atoms with Crippen molar-refractivity contribution in [3.05, 3.63) is 91.5 Å². The van der Waals surface area contributed by atoms with Crippen LogP contribution in [0, 0.1) is 5.82 Å². The standard InChI is InChI=1S/C19H13BrClFN2O3.C2H7NO2/c20-12-6-7-15(14(22)8-12)23-17-13(19(26)27)10-24(18(25)16(17)21)9-11-4-2-1-3-5-11;3-5-2-1-4/h1-8,10,23H,9H2,(H,26,27);4H,1-3H2. The molecule has 3 aromatic rings. The summed E-state index contributed by atoms with van der Waals surface area (Å²) in [4.78, 5) is 28.2. The lowest BCUT2D eigenvalue weighted by Crippen LogP contribution is -2.24. The van der Waals surface area contributed by atoms with Crippen LogP contribution in [-0.4, -0.2) is 34.0 Å². The first kappa shape index (κ1) is 25.5. The number of aliphatic hydroxyl groups is 1. The first-order valence-electron chi connectivity index (χ1n) is 9.13. The van der Waals surface area contributed by atoms with Crippen LogP contribution in [0.25, 0.3) is 0 Å². The van der Waals surface area contributed by atoms with Gasteiger partial charge in [-0.1, -0.05) is 57.9 Å². The van der Waals surface area contributed by atoms with Gasteiger partial charge in [0.2, 0.25) is 0 Å². The molecule has 0 unspecified atom stereocenters. The van der Waals surface area contributed by atoms with Gasteiger partial charge < -0.3 is 24.9 Å². The van der Waals surface area contributed by atoms with Crippen LogP contribution in [-0.2, 0) is 11.4 Å². The summed E-state index contributed by atoms with van der Waals surface area (Å²) in [6, 6.07) is 13.3. The Balaban J connectivity index is 0.000000654. The molecule has 1 heterocycles. The maximum atomic E-state index is 14.1. The number of rotatable bonds is 7. The molecule has 0 bridgehead atoms. The van der Waals surface area contributed by atoms with Gasteiger partial charge in [-0.2, -0.15) is 0 Å². The molecule has 0 radical (unpaired) electrons. The van der Waals surface area contributed by atoms with Crippen LogP contribution in [0.15, 0.2) is 64.0 Å². The fourth-order valence-corrected chi connectivity index (χ4v) is 3.18. The average Bonchev–Trinajstić information content (AvgIpc) is 2.76. The van der Waals surface area contributed by atoms with E-state index >= 15 is 0 Å². The highest BCUT2D eigenvalue weighted by Gasteiger charge is 2.20. The number of carboxylic acids is 1. The quantitative estimate of drug-likeness (QED) is 0.344. The zero-order valence-electron chi connectivity index (χ0n) is 16.6. The molecule has 1 aromatic heterocycles. The number of aromatic nitrogens is 1. The lowest BCUT2D eigenvalue weighted by atomic mass is 10.2. The Morgan fingerprint density at radius 1 is 1.25 bits per heavy atom. The third kappa shape index (κ3) is 6.87. The van der Waals surface area contributed by atoms with E-state index in [2.05, 4.69) is 32.0 Å². The van der Waals surface area contributed by atoms with Gasteiger partial charge >= 0.3 is 5.97 Å². The highest BCUT2D eigenvalue weighted by Crippen LogP contribution is 2.29. The van der Waals surface area contributed by atoms with Gasteiger partial charge in [0, 0.05) is 10.7 Å². The number of aromatic carboxylic acids is 1. The molecule has 2 aromatic carbocycles. The third-order valence-corrected chi connectivity index (χ3v) is 4.89. The summed E-state index contributed by atoms with van der Waals surface area (Å²) in [5.41, 5.74) is -0.155. The van der Waals surface area contributed by atoms with Crippen molar-refractivity contribution in [1.29, 1.82) is 0 Å². The number of pyridine rings is 1. The first-order valence-corrected chi connectivity index (χ1v) is 10.3. The van der Waals surface area contributed by atoms with Crippen molar-refractivity contribution in [2.45, 2.75) is 6.54 Å². The Bertz CT molecular complexity index is 1130. The van der Waals surface area contributed by atoms with Crippen molar-refractivity contribution >= 4 is 44.9 Å². The summed E-state index contributed by atoms with van der Waals surface area (Å²) in [7, 11) is 0. The Labute approximate surface area is 196 Å². The number of anilines is 2. The molecule has 0 fully saturated rings. The molecule has 0 saturated heterocycles. The van der Waals surface area contributed by atoms with Crippen LogP contribution < -0.4 is 16.8 Å². The Morgan fingerprint density at radius 3 is 2.47 bits per heavy atom. The second-order valence-corrected chi connectivity index (χ2v) is 7.59. The topological polar surface area (TPSA) is 127 Å². The second-order valence-electron chi connectivity index (χ2n) is 6.30. The largest absolute Gasteiger partial charge is 0.478 e. The third-order valence-electron chi connectivity index (χ3n) is 4.05. The molecule has 0 saturated carbocycles. The lowest BCUT2D eigenvalue weighted by Gasteiger charge is -2.15. The van der Waals surface area contributed by atoms with Crippen molar-refractivity contribution in [3.8, 4) is 0 Å². The van der Waals surface area contributed by atoms with Gasteiger partial charge in [-0.3, -0.25) is 4.79 Å². The molecule has 5 N–H and O–H groups in total. The van der Waals surface area contributed by atoms with Crippen molar-refractivity contribution in [2.24, 2.45) is 5.90 Å². The fourth-order valence-electron chi connectivity index (χ4n) is 2.59. The van der Waals surface area contributed by atoms with Gasteiger partial charge in [-0.15, -0.1) is 0 Å². The summed E-state index contributed by atoms with van der Waals surface area (Å²) < 4.78 is 15.8. The van der Waals surface area contributed by atoms with E-state index in [0.29, 0.717) is 4.47 Å². The van der Waals surface area contributed by atoms with E-state index in [1.54, 1.807) is 6.07 Å². The van der Waals surface area contributed by atoms with E-state index in [9.17, 15) is 19.1 Å². The van der Waals surface area contributed by atoms with E-state index in [1.807, 2.05) is 30.3 Å². The summed E-state index contributed by atoms with van der Waals surface area (Å²) in [6.45, 7) is 0.378. The number of nitrogens with one attached hydrogen (secondary N) is 1. The number of benzene rings is 2. The van der Waals surface area contributed by atoms with E-state index in [1.165, 1.54) is 22.9 Å². The minimum Gasteiger partial charge on any atom is -0.478 e. The van der Waals surface area contributed by atoms with Gasteiger partial charge in [0.1, 0.15) is 16.4 Å². The average molecular weight is 529 g/mol. The van der Waals surface area contributed by atoms with E-state index in [4.69, 9.17) is 16.7 Å². The summed E-state index contributed by atoms with van der Waals surface area (Å²) >= 11 is 9.30. The summed E-state index contributed by atoms with van der Waals surface area (Å²) in [6.07, 6.45) is 1.20. The normalized spacial score (nSPS) is 10.3. The maximum Gasteiger partial charge on any atom is 0.339 e. The van der Waals surface area contributed by atoms with Gasteiger partial charge in [0.05, 0.1) is 31.1 Å². The molecule has 0 aliphatic heterocycles. The number of carbonyl (C=O) groups is 1. The molecule has 3 rings (SSSR count). The predicted octanol–water partition coefficient (Wildman–Crippen LogP) is 3.76. The molecule has 0 aliphatic rings. The number of nitrogens with zero attached hydrogens (tertiary/aromatic N) is 1. The number of halogens is 3. The Kier molecular flexibility index (Phi) is 9.82. The SMILES string of the molecule is NOCCO.O=C(O)c1cn(Cc2ccccc2)c(=O)c(Cl)c1Nc1ccc(Br)cc1F. The first-order chi connectivity index (χ1) is 15.3. The summed E-state index contributed by atoms with van der Waals surface area (Å²) in [5, 5.41) is 19.7. The Morgan fingerprint density at radius 2 is 1.94 bits per heavy atom. The monoisotopic (exact) mass is 527 g/mol. The molecule has 0 atom stereocenters. The van der Waals surface area contributed by atoms with Gasteiger partial charge in [0.25, 0.3) is 5.56 Å². The second kappa shape index (κ2) is 12.3. The predicted molar refractivity (Wildman–Crippen MR) is 123 cm³/mol.